The van der Waals surface area contributed by atoms with E-state index < -0.39 is 0 Å². The van der Waals surface area contributed by atoms with Crippen LogP contribution in [0.15, 0.2) is 45.6 Å². The highest BCUT2D eigenvalue weighted by molar-refractivity contribution is 8.18. The van der Waals surface area contributed by atoms with E-state index >= 15 is 0 Å². The van der Waals surface area contributed by atoms with Gasteiger partial charge in [-0.2, -0.15) is 0 Å². The number of furan rings is 2. The summed E-state index contributed by atoms with van der Waals surface area (Å²) in [5, 5.41) is 0. The van der Waals surface area contributed by atoms with Gasteiger partial charge in [-0.25, -0.2) is 0 Å². The lowest BCUT2D eigenvalue weighted by molar-refractivity contribution is 0.602. The molecule has 0 aromatic carbocycles. The number of hydrogen-bond donors (Lipinski definition) is 0. The minimum atomic E-state index is 0.691. The molecule has 2 aromatic rings. The van der Waals surface area contributed by atoms with Gasteiger partial charge in [0.05, 0.1) is 12.5 Å². The third-order valence-corrected chi connectivity index (χ3v) is 4.39. The Labute approximate surface area is 73.8 Å². The second-order valence-electron chi connectivity index (χ2n) is 2.20. The van der Waals surface area contributed by atoms with E-state index in [0.29, 0.717) is 16.5 Å². The maximum absolute atomic E-state index is 5.21. The Kier molecular flexibility index (Phi) is 2.60. The first-order valence-corrected chi connectivity index (χ1v) is 6.54. The Morgan fingerprint density at radius 3 is 1.67 bits per heavy atom. The molecular weight excluding hydrogens is 190 g/mol. The minimum absolute atomic E-state index is 0.691. The Morgan fingerprint density at radius 2 is 1.33 bits per heavy atom. The predicted octanol–water partition coefficient (Wildman–Crippen LogP) is 2.10. The zero-order valence-electron chi connectivity index (χ0n) is 6.28. The molecule has 2 unspecified atom stereocenters. The molecule has 2 atom stereocenters. The number of rotatable bonds is 3. The van der Waals surface area contributed by atoms with Crippen LogP contribution in [0.1, 0.15) is 0 Å². The van der Waals surface area contributed by atoms with Crippen LogP contribution < -0.4 is 11.0 Å². The molecule has 0 amide bonds. The second-order valence-corrected chi connectivity index (χ2v) is 5.19. The molecule has 12 heavy (non-hydrogen) atoms. The molecule has 0 bridgehead atoms. The van der Waals surface area contributed by atoms with Crippen LogP contribution in [0.2, 0.25) is 0 Å². The Hall–Kier alpha value is -0.580. The summed E-state index contributed by atoms with van der Waals surface area (Å²) in [5.41, 5.74) is 2.09. The van der Waals surface area contributed by atoms with Gasteiger partial charge < -0.3 is 8.83 Å². The van der Waals surface area contributed by atoms with E-state index in [1.807, 2.05) is 24.3 Å². The molecule has 4 heteroatoms. The van der Waals surface area contributed by atoms with Crippen molar-refractivity contribution >= 4 is 27.5 Å². The topological polar surface area (TPSA) is 26.3 Å². The van der Waals surface area contributed by atoms with Gasteiger partial charge in [-0.3, -0.25) is 0 Å². The van der Waals surface area contributed by atoms with Gasteiger partial charge >= 0.3 is 0 Å². The predicted molar refractivity (Wildman–Crippen MR) is 53.3 cm³/mol. The summed E-state index contributed by atoms with van der Waals surface area (Å²) < 4.78 is 10.4. The van der Waals surface area contributed by atoms with Crippen LogP contribution >= 0.6 is 16.5 Å². The van der Waals surface area contributed by atoms with E-state index in [4.69, 9.17) is 8.83 Å². The largest absolute Gasteiger partial charge is 0.465 e. The lowest BCUT2D eigenvalue weighted by Crippen LogP contribution is -1.87. The van der Waals surface area contributed by atoms with Crippen molar-refractivity contribution in [3.63, 3.8) is 0 Å². The highest BCUT2D eigenvalue weighted by atomic mass is 32.0. The van der Waals surface area contributed by atoms with Gasteiger partial charge in [0.15, 0.2) is 0 Å². The average molecular weight is 198 g/mol. The van der Waals surface area contributed by atoms with Crippen LogP contribution in [-0.4, -0.2) is 0 Å². The fourth-order valence-electron chi connectivity index (χ4n) is 0.823. The van der Waals surface area contributed by atoms with Crippen LogP contribution in [0.5, 0.6) is 0 Å². The molecule has 0 aliphatic heterocycles. The van der Waals surface area contributed by atoms with Crippen molar-refractivity contribution in [2.24, 2.45) is 0 Å². The third-order valence-electron chi connectivity index (χ3n) is 1.35. The van der Waals surface area contributed by atoms with E-state index in [1.54, 1.807) is 12.5 Å². The first kappa shape index (κ1) is 8.04. The lowest BCUT2D eigenvalue weighted by Gasteiger charge is -1.93. The van der Waals surface area contributed by atoms with Crippen LogP contribution in [-0.2, 0) is 0 Å². The van der Waals surface area contributed by atoms with Crippen molar-refractivity contribution in [3.05, 3.63) is 36.8 Å². The molecular formula is C8H8O2P2. The molecule has 2 nitrogen and oxygen atoms in total. The third kappa shape index (κ3) is 1.97. The average Bonchev–Trinajstić information content (AvgIpc) is 2.74. The summed E-state index contributed by atoms with van der Waals surface area (Å²) in [4.78, 5) is 0. The van der Waals surface area contributed by atoms with Crippen LogP contribution in [0.25, 0.3) is 0 Å². The summed E-state index contributed by atoms with van der Waals surface area (Å²) in [7, 11) is 1.38. The molecule has 0 aliphatic rings. The summed E-state index contributed by atoms with van der Waals surface area (Å²) in [6.07, 6.45) is 3.41. The van der Waals surface area contributed by atoms with Crippen molar-refractivity contribution < 1.29 is 8.83 Å². The molecule has 0 spiro atoms. The maximum atomic E-state index is 5.21. The molecule has 0 saturated heterocycles. The molecule has 62 valence electrons. The molecule has 0 aliphatic carbocycles. The van der Waals surface area contributed by atoms with Gasteiger partial charge in [-0.15, -0.1) is 0 Å². The highest BCUT2D eigenvalue weighted by Crippen LogP contribution is 2.34. The molecule has 2 heterocycles. The first-order valence-electron chi connectivity index (χ1n) is 3.54. The van der Waals surface area contributed by atoms with E-state index in [-0.39, 0.29) is 0 Å². The second kappa shape index (κ2) is 3.89. The van der Waals surface area contributed by atoms with E-state index in [0.717, 1.165) is 11.0 Å². The molecule has 0 saturated carbocycles. The van der Waals surface area contributed by atoms with Crippen LogP contribution in [0, 0.1) is 0 Å². The Balaban J connectivity index is 1.91. The standard InChI is InChI=1S/C8H8O2P2/c1-3-7(9-5-1)11-12-8-4-2-6-10-8/h1-6,11-12H. The normalized spacial score (nSPS) is 12.3. The van der Waals surface area contributed by atoms with Gasteiger partial charge in [0, 0.05) is 0 Å². The van der Waals surface area contributed by atoms with Gasteiger partial charge in [0.25, 0.3) is 0 Å². The van der Waals surface area contributed by atoms with Gasteiger partial charge in [-0.05, 0) is 40.8 Å². The zero-order valence-corrected chi connectivity index (χ0v) is 8.28. The van der Waals surface area contributed by atoms with Crippen molar-refractivity contribution in [2.75, 3.05) is 0 Å². The quantitative estimate of drug-likeness (QED) is 0.706. The SMILES string of the molecule is c1coc(PPc2ccco2)c1. The monoisotopic (exact) mass is 198 g/mol. The van der Waals surface area contributed by atoms with Gasteiger partial charge in [0.2, 0.25) is 0 Å². The van der Waals surface area contributed by atoms with Gasteiger partial charge in [0.1, 0.15) is 11.0 Å². The fourth-order valence-corrected chi connectivity index (χ4v) is 3.27. The summed E-state index contributed by atoms with van der Waals surface area (Å²) in [6, 6.07) is 7.81. The van der Waals surface area contributed by atoms with E-state index in [2.05, 4.69) is 0 Å². The molecule has 2 aromatic heterocycles. The molecule has 0 radical (unpaired) electrons. The smallest absolute Gasteiger partial charge is 0.126 e. The molecule has 0 N–H and O–H groups in total. The fraction of sp³-hybridized carbons (Fsp3) is 0. The maximum Gasteiger partial charge on any atom is 0.126 e. The molecule has 2 rings (SSSR count). The van der Waals surface area contributed by atoms with Crippen LogP contribution in [0.3, 0.4) is 0 Å². The van der Waals surface area contributed by atoms with Crippen molar-refractivity contribution in [1.82, 2.24) is 0 Å². The minimum Gasteiger partial charge on any atom is -0.465 e. The van der Waals surface area contributed by atoms with Crippen molar-refractivity contribution in [1.29, 1.82) is 0 Å². The summed E-state index contributed by atoms with van der Waals surface area (Å²) >= 11 is 0. The first-order chi connectivity index (χ1) is 5.95. The zero-order chi connectivity index (χ0) is 8.23. The highest BCUT2D eigenvalue weighted by Gasteiger charge is 1.98. The van der Waals surface area contributed by atoms with Crippen LogP contribution in [0.4, 0.5) is 0 Å². The molecule has 0 fully saturated rings. The Bertz CT molecular complexity index is 278. The summed E-state index contributed by atoms with van der Waals surface area (Å²) in [6.45, 7) is 0. The Morgan fingerprint density at radius 1 is 0.833 bits per heavy atom. The van der Waals surface area contributed by atoms with Crippen molar-refractivity contribution in [3.8, 4) is 0 Å². The van der Waals surface area contributed by atoms with Crippen molar-refractivity contribution in [2.45, 2.75) is 0 Å². The van der Waals surface area contributed by atoms with E-state index in [1.165, 1.54) is 0 Å². The van der Waals surface area contributed by atoms with Gasteiger partial charge in [-0.1, -0.05) is 0 Å². The number of hydrogen-bond acceptors (Lipinski definition) is 2. The lowest BCUT2D eigenvalue weighted by atomic mass is 10.7. The summed E-state index contributed by atoms with van der Waals surface area (Å²) in [5.74, 6) is 0. The van der Waals surface area contributed by atoms with E-state index in [9.17, 15) is 0 Å².